The van der Waals surface area contributed by atoms with E-state index in [1.165, 1.54) is 0 Å². The summed E-state index contributed by atoms with van der Waals surface area (Å²) in [7, 11) is 0. The summed E-state index contributed by atoms with van der Waals surface area (Å²) in [5, 5.41) is 3.48. The average molecular weight is 400 g/mol. The third kappa shape index (κ3) is 4.34. The molecule has 3 amide bonds. The molecule has 0 atom stereocenters. The van der Waals surface area contributed by atoms with Crippen LogP contribution in [0.1, 0.15) is 28.4 Å². The molecule has 0 bridgehead atoms. The van der Waals surface area contributed by atoms with Gasteiger partial charge in [-0.05, 0) is 55.3 Å². The predicted molar refractivity (Wildman–Crippen MR) is 108 cm³/mol. The standard InChI is InChI=1S/C21H22ClN3O3/c1-3-24-10-11-25(21(28)20(24)27)13-15-4-6-16(7-5-15)19(26)23-18-9-8-17(22)12-14(18)2/h4-9,12H,3,10-11,13H2,1-2H3,(H,23,26). The molecule has 0 unspecified atom stereocenters. The third-order valence-electron chi connectivity index (χ3n) is 4.81. The zero-order valence-electron chi connectivity index (χ0n) is 15.9. The van der Waals surface area contributed by atoms with Crippen LogP contribution in [0.3, 0.4) is 0 Å². The van der Waals surface area contributed by atoms with Crippen LogP contribution in [0.25, 0.3) is 0 Å². The van der Waals surface area contributed by atoms with Gasteiger partial charge in [-0.1, -0.05) is 23.7 Å². The zero-order valence-corrected chi connectivity index (χ0v) is 16.6. The number of aryl methyl sites for hydroxylation is 1. The van der Waals surface area contributed by atoms with Crippen molar-refractivity contribution in [1.82, 2.24) is 9.80 Å². The Balaban J connectivity index is 1.64. The second-order valence-electron chi connectivity index (χ2n) is 6.72. The van der Waals surface area contributed by atoms with Gasteiger partial charge in [0, 0.05) is 42.5 Å². The van der Waals surface area contributed by atoms with Crippen LogP contribution in [0.15, 0.2) is 42.5 Å². The van der Waals surface area contributed by atoms with Crippen LogP contribution in [0, 0.1) is 6.92 Å². The van der Waals surface area contributed by atoms with Crippen molar-refractivity contribution >= 4 is 35.0 Å². The largest absolute Gasteiger partial charge is 0.333 e. The molecule has 1 heterocycles. The summed E-state index contributed by atoms with van der Waals surface area (Å²) in [4.78, 5) is 39.7. The molecule has 1 N–H and O–H groups in total. The SMILES string of the molecule is CCN1CCN(Cc2ccc(C(=O)Nc3ccc(Cl)cc3C)cc2)C(=O)C1=O. The van der Waals surface area contributed by atoms with Crippen molar-refractivity contribution in [1.29, 1.82) is 0 Å². The fourth-order valence-electron chi connectivity index (χ4n) is 3.11. The Bertz CT molecular complexity index is 912. The molecule has 2 aromatic carbocycles. The van der Waals surface area contributed by atoms with Crippen LogP contribution in [0.5, 0.6) is 0 Å². The summed E-state index contributed by atoms with van der Waals surface area (Å²) in [6, 6.07) is 12.3. The molecule has 0 aromatic heterocycles. The van der Waals surface area contributed by atoms with Crippen LogP contribution >= 0.6 is 11.6 Å². The van der Waals surface area contributed by atoms with Crippen molar-refractivity contribution in [2.24, 2.45) is 0 Å². The number of hydrogen-bond acceptors (Lipinski definition) is 3. The Labute approximate surface area is 169 Å². The maximum atomic E-state index is 12.5. The smallest absolute Gasteiger partial charge is 0.312 e. The maximum absolute atomic E-state index is 12.5. The van der Waals surface area contributed by atoms with E-state index >= 15 is 0 Å². The molecule has 28 heavy (non-hydrogen) atoms. The van der Waals surface area contributed by atoms with Crippen LogP contribution in [-0.2, 0) is 16.1 Å². The first-order chi connectivity index (χ1) is 13.4. The van der Waals surface area contributed by atoms with E-state index in [4.69, 9.17) is 11.6 Å². The molecule has 7 heteroatoms. The minimum atomic E-state index is -0.479. The van der Waals surface area contributed by atoms with Gasteiger partial charge in [0.2, 0.25) is 0 Å². The van der Waals surface area contributed by atoms with Crippen molar-refractivity contribution in [3.8, 4) is 0 Å². The van der Waals surface area contributed by atoms with E-state index in [-0.39, 0.29) is 5.91 Å². The monoisotopic (exact) mass is 399 g/mol. The van der Waals surface area contributed by atoms with Gasteiger partial charge < -0.3 is 15.1 Å². The van der Waals surface area contributed by atoms with Gasteiger partial charge in [0.25, 0.3) is 5.91 Å². The molecule has 0 spiro atoms. The molecule has 0 saturated carbocycles. The van der Waals surface area contributed by atoms with Crippen molar-refractivity contribution in [2.75, 3.05) is 25.0 Å². The maximum Gasteiger partial charge on any atom is 0.312 e. The summed E-state index contributed by atoms with van der Waals surface area (Å²) in [6.45, 7) is 5.67. The normalized spacial score (nSPS) is 14.4. The molecule has 146 valence electrons. The number of nitrogens with one attached hydrogen (secondary N) is 1. The summed E-state index contributed by atoms with van der Waals surface area (Å²) in [6.07, 6.45) is 0. The molecule has 0 aliphatic carbocycles. The molecule has 3 rings (SSSR count). The van der Waals surface area contributed by atoms with E-state index < -0.39 is 11.8 Å². The Hall–Kier alpha value is -2.86. The lowest BCUT2D eigenvalue weighted by molar-refractivity contribution is -0.156. The lowest BCUT2D eigenvalue weighted by Gasteiger charge is -2.33. The topological polar surface area (TPSA) is 69.7 Å². The number of carbonyl (C=O) groups is 3. The van der Waals surface area contributed by atoms with Gasteiger partial charge in [0.15, 0.2) is 0 Å². The first-order valence-electron chi connectivity index (χ1n) is 9.13. The highest BCUT2D eigenvalue weighted by atomic mass is 35.5. The quantitative estimate of drug-likeness (QED) is 0.785. The van der Waals surface area contributed by atoms with E-state index in [2.05, 4.69) is 5.32 Å². The Morgan fingerprint density at radius 1 is 1.04 bits per heavy atom. The van der Waals surface area contributed by atoms with E-state index in [1.807, 2.05) is 13.8 Å². The first-order valence-corrected chi connectivity index (χ1v) is 9.51. The highest BCUT2D eigenvalue weighted by molar-refractivity contribution is 6.35. The number of amides is 3. The molecular weight excluding hydrogens is 378 g/mol. The van der Waals surface area contributed by atoms with Crippen LogP contribution < -0.4 is 5.32 Å². The summed E-state index contributed by atoms with van der Waals surface area (Å²) >= 11 is 5.94. The van der Waals surface area contributed by atoms with Crippen molar-refractivity contribution < 1.29 is 14.4 Å². The number of halogens is 1. The van der Waals surface area contributed by atoms with Gasteiger partial charge in [-0.2, -0.15) is 0 Å². The van der Waals surface area contributed by atoms with E-state index in [1.54, 1.807) is 52.3 Å². The van der Waals surface area contributed by atoms with Crippen LogP contribution in [0.2, 0.25) is 5.02 Å². The van der Waals surface area contributed by atoms with Gasteiger partial charge in [-0.3, -0.25) is 14.4 Å². The number of nitrogens with zero attached hydrogens (tertiary/aromatic N) is 2. The Kier molecular flexibility index (Phi) is 5.99. The lowest BCUT2D eigenvalue weighted by atomic mass is 10.1. The highest BCUT2D eigenvalue weighted by Crippen LogP contribution is 2.20. The second kappa shape index (κ2) is 8.44. The van der Waals surface area contributed by atoms with E-state index in [0.29, 0.717) is 42.5 Å². The number of benzene rings is 2. The molecule has 1 aliphatic heterocycles. The molecular formula is C21H22ClN3O3. The van der Waals surface area contributed by atoms with Gasteiger partial charge >= 0.3 is 11.8 Å². The highest BCUT2D eigenvalue weighted by Gasteiger charge is 2.31. The predicted octanol–water partition coefficient (Wildman–Crippen LogP) is 3.09. The van der Waals surface area contributed by atoms with Gasteiger partial charge in [-0.15, -0.1) is 0 Å². The summed E-state index contributed by atoms with van der Waals surface area (Å²) < 4.78 is 0. The molecule has 1 saturated heterocycles. The lowest BCUT2D eigenvalue weighted by Crippen LogP contribution is -2.53. The van der Waals surface area contributed by atoms with Crippen LogP contribution in [-0.4, -0.2) is 47.2 Å². The molecule has 1 aliphatic rings. The molecule has 1 fully saturated rings. The van der Waals surface area contributed by atoms with E-state index in [0.717, 1.165) is 11.1 Å². The third-order valence-corrected chi connectivity index (χ3v) is 5.04. The van der Waals surface area contributed by atoms with Crippen molar-refractivity contribution in [3.63, 3.8) is 0 Å². The first kappa shape index (κ1) is 19.9. The van der Waals surface area contributed by atoms with Gasteiger partial charge in [0.05, 0.1) is 0 Å². The van der Waals surface area contributed by atoms with E-state index in [9.17, 15) is 14.4 Å². The minimum Gasteiger partial charge on any atom is -0.333 e. The van der Waals surface area contributed by atoms with Crippen molar-refractivity contribution in [3.05, 3.63) is 64.2 Å². The molecule has 2 aromatic rings. The molecule has 0 radical (unpaired) electrons. The number of piperazine rings is 1. The second-order valence-corrected chi connectivity index (χ2v) is 7.16. The van der Waals surface area contributed by atoms with Gasteiger partial charge in [-0.25, -0.2) is 0 Å². The Morgan fingerprint density at radius 2 is 1.68 bits per heavy atom. The summed E-state index contributed by atoms with van der Waals surface area (Å²) in [5.74, 6) is -1.16. The molecule has 6 nitrogen and oxygen atoms in total. The number of hydrogen-bond donors (Lipinski definition) is 1. The number of rotatable bonds is 5. The van der Waals surface area contributed by atoms with Crippen molar-refractivity contribution in [2.45, 2.75) is 20.4 Å². The minimum absolute atomic E-state index is 0.222. The average Bonchev–Trinajstić information content (AvgIpc) is 2.68. The fraction of sp³-hybridized carbons (Fsp3) is 0.286. The fourth-order valence-corrected chi connectivity index (χ4v) is 3.34. The number of carbonyl (C=O) groups excluding carboxylic acids is 3. The number of likely N-dealkylation sites (N-methyl/N-ethyl adjacent to an activating group) is 1. The summed E-state index contributed by atoms with van der Waals surface area (Å²) in [5.41, 5.74) is 2.96. The zero-order chi connectivity index (χ0) is 20.3. The van der Waals surface area contributed by atoms with Crippen LogP contribution in [0.4, 0.5) is 5.69 Å². The Morgan fingerprint density at radius 3 is 2.32 bits per heavy atom. The number of anilines is 1. The van der Waals surface area contributed by atoms with Gasteiger partial charge in [0.1, 0.15) is 0 Å².